The van der Waals surface area contributed by atoms with Crippen LogP contribution in [0.3, 0.4) is 0 Å². The molecule has 1 N–H and O–H groups in total. The minimum atomic E-state index is 0.187. The number of benzene rings is 1. The van der Waals surface area contributed by atoms with E-state index in [4.69, 9.17) is 27.9 Å². The van der Waals surface area contributed by atoms with Crippen LogP contribution in [0.5, 0.6) is 5.75 Å². The Morgan fingerprint density at radius 1 is 1.29 bits per heavy atom. The van der Waals surface area contributed by atoms with E-state index in [2.05, 4.69) is 5.32 Å². The van der Waals surface area contributed by atoms with E-state index in [1.165, 1.54) is 0 Å². The molecule has 14 heavy (non-hydrogen) atoms. The Bertz CT molecular complexity index is 304. The molecule has 1 aromatic carbocycles. The van der Waals surface area contributed by atoms with Gasteiger partial charge < -0.3 is 10.1 Å². The molecule has 1 fully saturated rings. The third kappa shape index (κ3) is 2.14. The van der Waals surface area contributed by atoms with E-state index in [1.54, 1.807) is 12.1 Å². The lowest BCUT2D eigenvalue weighted by Crippen LogP contribution is -2.19. The molecule has 76 valence electrons. The fourth-order valence-corrected chi connectivity index (χ4v) is 1.98. The van der Waals surface area contributed by atoms with Gasteiger partial charge in [-0.25, -0.2) is 0 Å². The van der Waals surface area contributed by atoms with Crippen LogP contribution in [0.1, 0.15) is 6.42 Å². The van der Waals surface area contributed by atoms with Crippen LogP contribution in [-0.2, 0) is 0 Å². The molecular weight excluding hydrogens is 221 g/mol. The molecule has 0 radical (unpaired) electrons. The second-order valence-electron chi connectivity index (χ2n) is 3.28. The third-order valence-corrected chi connectivity index (χ3v) is 2.81. The normalized spacial score (nSPS) is 21.1. The molecule has 0 amide bonds. The zero-order valence-corrected chi connectivity index (χ0v) is 9.11. The first-order chi connectivity index (χ1) is 6.77. The molecule has 0 aromatic heterocycles. The Hall–Kier alpha value is -0.440. The fourth-order valence-electron chi connectivity index (χ4n) is 1.49. The third-order valence-electron chi connectivity index (χ3n) is 2.22. The van der Waals surface area contributed by atoms with Gasteiger partial charge in [0, 0.05) is 6.54 Å². The number of nitrogens with one attached hydrogen (secondary N) is 1. The number of ether oxygens (including phenoxy) is 1. The molecule has 1 aromatic rings. The first kappa shape index (κ1) is 10.1. The van der Waals surface area contributed by atoms with E-state index in [0.717, 1.165) is 19.5 Å². The summed E-state index contributed by atoms with van der Waals surface area (Å²) < 4.78 is 5.71. The number of rotatable bonds is 2. The molecule has 1 aliphatic rings. The van der Waals surface area contributed by atoms with E-state index in [-0.39, 0.29) is 6.10 Å². The summed E-state index contributed by atoms with van der Waals surface area (Å²) in [4.78, 5) is 0. The van der Waals surface area contributed by atoms with Gasteiger partial charge in [0.05, 0.1) is 10.0 Å². The van der Waals surface area contributed by atoms with Crippen LogP contribution in [0.2, 0.25) is 10.0 Å². The fraction of sp³-hybridized carbons (Fsp3) is 0.400. The summed E-state index contributed by atoms with van der Waals surface area (Å²) in [6, 6.07) is 5.38. The van der Waals surface area contributed by atoms with Gasteiger partial charge in [-0.1, -0.05) is 29.3 Å². The molecule has 0 bridgehead atoms. The van der Waals surface area contributed by atoms with Gasteiger partial charge in [-0.3, -0.25) is 0 Å². The Morgan fingerprint density at radius 2 is 2.00 bits per heavy atom. The van der Waals surface area contributed by atoms with Crippen LogP contribution >= 0.6 is 23.2 Å². The lowest BCUT2D eigenvalue weighted by Gasteiger charge is -2.14. The highest BCUT2D eigenvalue weighted by Crippen LogP contribution is 2.33. The molecule has 1 aliphatic heterocycles. The molecule has 1 heterocycles. The van der Waals surface area contributed by atoms with Crippen molar-refractivity contribution in [1.82, 2.24) is 5.32 Å². The topological polar surface area (TPSA) is 21.3 Å². The molecule has 0 saturated carbocycles. The van der Waals surface area contributed by atoms with E-state index < -0.39 is 0 Å². The van der Waals surface area contributed by atoms with Gasteiger partial charge in [0.25, 0.3) is 0 Å². The maximum atomic E-state index is 5.98. The molecule has 1 unspecified atom stereocenters. The number of hydrogen-bond donors (Lipinski definition) is 1. The summed E-state index contributed by atoms with van der Waals surface area (Å²) >= 11 is 12.0. The predicted molar refractivity (Wildman–Crippen MR) is 58.4 cm³/mol. The van der Waals surface area contributed by atoms with Gasteiger partial charge in [-0.15, -0.1) is 0 Å². The maximum absolute atomic E-state index is 5.98. The highest BCUT2D eigenvalue weighted by atomic mass is 35.5. The van der Waals surface area contributed by atoms with Gasteiger partial charge in [-0.2, -0.15) is 0 Å². The van der Waals surface area contributed by atoms with E-state index in [9.17, 15) is 0 Å². The van der Waals surface area contributed by atoms with Crippen molar-refractivity contribution in [2.24, 2.45) is 0 Å². The number of hydrogen-bond acceptors (Lipinski definition) is 2. The van der Waals surface area contributed by atoms with Crippen LogP contribution in [0.15, 0.2) is 18.2 Å². The quantitative estimate of drug-likeness (QED) is 0.846. The van der Waals surface area contributed by atoms with Crippen molar-refractivity contribution in [3.05, 3.63) is 28.2 Å². The average Bonchev–Trinajstić information content (AvgIpc) is 2.64. The van der Waals surface area contributed by atoms with E-state index in [1.807, 2.05) is 6.07 Å². The molecule has 2 rings (SSSR count). The summed E-state index contributed by atoms with van der Waals surface area (Å²) in [5.74, 6) is 0.601. The second-order valence-corrected chi connectivity index (χ2v) is 4.10. The summed E-state index contributed by atoms with van der Waals surface area (Å²) in [6.45, 7) is 1.86. The highest BCUT2D eigenvalue weighted by Gasteiger charge is 2.18. The zero-order chi connectivity index (χ0) is 9.97. The van der Waals surface area contributed by atoms with Crippen molar-refractivity contribution in [1.29, 1.82) is 0 Å². The zero-order valence-electron chi connectivity index (χ0n) is 7.59. The largest absolute Gasteiger partial charge is 0.486 e. The average molecular weight is 232 g/mol. The monoisotopic (exact) mass is 231 g/mol. The van der Waals surface area contributed by atoms with Crippen LogP contribution in [0, 0.1) is 0 Å². The van der Waals surface area contributed by atoms with Crippen molar-refractivity contribution in [3.8, 4) is 5.75 Å². The van der Waals surface area contributed by atoms with Crippen molar-refractivity contribution >= 4 is 23.2 Å². The van der Waals surface area contributed by atoms with E-state index in [0.29, 0.717) is 15.8 Å². The molecular formula is C10H11Cl2NO. The minimum Gasteiger partial charge on any atom is -0.486 e. The number of para-hydroxylation sites is 1. The minimum absolute atomic E-state index is 0.187. The van der Waals surface area contributed by atoms with Gasteiger partial charge in [-0.05, 0) is 25.1 Å². The molecule has 0 aliphatic carbocycles. The maximum Gasteiger partial charge on any atom is 0.156 e. The smallest absolute Gasteiger partial charge is 0.156 e. The summed E-state index contributed by atoms with van der Waals surface area (Å²) in [5.41, 5.74) is 0. The molecule has 4 heteroatoms. The first-order valence-corrected chi connectivity index (χ1v) is 5.34. The second kappa shape index (κ2) is 4.39. The van der Waals surface area contributed by atoms with Crippen molar-refractivity contribution < 1.29 is 4.74 Å². The Balaban J connectivity index is 2.14. The lowest BCUT2D eigenvalue weighted by atomic mass is 10.3. The van der Waals surface area contributed by atoms with Crippen molar-refractivity contribution in [2.45, 2.75) is 12.5 Å². The first-order valence-electron chi connectivity index (χ1n) is 4.59. The van der Waals surface area contributed by atoms with Crippen LogP contribution in [0.4, 0.5) is 0 Å². The van der Waals surface area contributed by atoms with Crippen molar-refractivity contribution in [2.75, 3.05) is 13.1 Å². The van der Waals surface area contributed by atoms with Gasteiger partial charge in [0.2, 0.25) is 0 Å². The summed E-state index contributed by atoms with van der Waals surface area (Å²) in [6.07, 6.45) is 1.19. The Labute approximate surface area is 93.2 Å². The molecule has 0 spiro atoms. The highest BCUT2D eigenvalue weighted by molar-refractivity contribution is 6.37. The SMILES string of the molecule is Clc1cccc(Cl)c1OC1CCNC1. The molecule has 2 nitrogen and oxygen atoms in total. The standard InChI is InChI=1S/C10H11Cl2NO/c11-8-2-1-3-9(12)10(8)14-7-4-5-13-6-7/h1-3,7,13H,4-6H2. The van der Waals surface area contributed by atoms with Gasteiger partial charge >= 0.3 is 0 Å². The van der Waals surface area contributed by atoms with Crippen LogP contribution in [0.25, 0.3) is 0 Å². The van der Waals surface area contributed by atoms with Gasteiger partial charge in [0.15, 0.2) is 5.75 Å². The van der Waals surface area contributed by atoms with Crippen molar-refractivity contribution in [3.63, 3.8) is 0 Å². The van der Waals surface area contributed by atoms with E-state index >= 15 is 0 Å². The van der Waals surface area contributed by atoms with Crippen LogP contribution in [-0.4, -0.2) is 19.2 Å². The Kier molecular flexibility index (Phi) is 3.16. The molecule has 1 atom stereocenters. The summed E-state index contributed by atoms with van der Waals surface area (Å²) in [5, 5.41) is 4.37. The van der Waals surface area contributed by atoms with Gasteiger partial charge in [0.1, 0.15) is 6.10 Å². The Morgan fingerprint density at radius 3 is 2.57 bits per heavy atom. The predicted octanol–water partition coefficient (Wildman–Crippen LogP) is 2.73. The lowest BCUT2D eigenvalue weighted by molar-refractivity contribution is 0.223. The summed E-state index contributed by atoms with van der Waals surface area (Å²) in [7, 11) is 0. The number of halogens is 2. The van der Waals surface area contributed by atoms with Crippen LogP contribution < -0.4 is 10.1 Å². The molecule has 1 saturated heterocycles.